The van der Waals surface area contributed by atoms with Crippen molar-refractivity contribution in [2.75, 3.05) is 32.8 Å². The molecule has 1 rings (SSSR count). The van der Waals surface area contributed by atoms with E-state index in [1.165, 1.54) is 19.4 Å². The van der Waals surface area contributed by atoms with Crippen LogP contribution in [0.4, 0.5) is 0 Å². The zero-order valence-electron chi connectivity index (χ0n) is 12.7. The maximum Gasteiger partial charge on any atom is 0.0509 e. The second kappa shape index (κ2) is 7.46. The van der Waals surface area contributed by atoms with Crippen LogP contribution in [-0.2, 0) is 4.74 Å². The van der Waals surface area contributed by atoms with Gasteiger partial charge in [0.2, 0.25) is 0 Å². The van der Waals surface area contributed by atoms with Gasteiger partial charge in [0.25, 0.3) is 0 Å². The molecule has 3 heteroatoms. The Bertz CT molecular complexity index is 231. The summed E-state index contributed by atoms with van der Waals surface area (Å²) in [6.07, 6.45) is 3.61. The lowest BCUT2D eigenvalue weighted by molar-refractivity contribution is -0.0693. The van der Waals surface area contributed by atoms with Gasteiger partial charge in [0, 0.05) is 25.2 Å². The Hall–Kier alpha value is -0.120. The van der Waals surface area contributed by atoms with E-state index in [1.807, 2.05) is 0 Å². The molecule has 0 bridgehead atoms. The molecule has 1 heterocycles. The molecule has 0 aromatic heterocycles. The Morgan fingerprint density at radius 1 is 1.33 bits per heavy atom. The lowest BCUT2D eigenvalue weighted by Crippen LogP contribution is -2.62. The minimum Gasteiger partial charge on any atom is -0.381 e. The first-order chi connectivity index (χ1) is 8.64. The number of hydrogen-bond acceptors (Lipinski definition) is 3. The molecule has 18 heavy (non-hydrogen) atoms. The summed E-state index contributed by atoms with van der Waals surface area (Å²) >= 11 is 0. The van der Waals surface area contributed by atoms with Crippen molar-refractivity contribution < 1.29 is 4.74 Å². The van der Waals surface area contributed by atoms with Crippen LogP contribution in [0, 0.1) is 11.8 Å². The number of likely N-dealkylation sites (N-methyl/N-ethyl adjacent to an activating group) is 1. The van der Waals surface area contributed by atoms with Crippen molar-refractivity contribution in [1.29, 1.82) is 0 Å². The van der Waals surface area contributed by atoms with Gasteiger partial charge in [-0.25, -0.2) is 0 Å². The Morgan fingerprint density at radius 2 is 2.00 bits per heavy atom. The van der Waals surface area contributed by atoms with Crippen molar-refractivity contribution in [2.45, 2.75) is 52.5 Å². The summed E-state index contributed by atoms with van der Waals surface area (Å²) in [7, 11) is 0. The van der Waals surface area contributed by atoms with Gasteiger partial charge in [-0.05, 0) is 24.8 Å². The second-order valence-corrected chi connectivity index (χ2v) is 5.75. The second-order valence-electron chi connectivity index (χ2n) is 5.75. The molecule has 2 atom stereocenters. The Labute approximate surface area is 113 Å². The van der Waals surface area contributed by atoms with E-state index in [1.54, 1.807) is 0 Å². The molecule has 1 fully saturated rings. The fourth-order valence-corrected chi connectivity index (χ4v) is 3.30. The lowest BCUT2D eigenvalue weighted by Gasteiger charge is -2.50. The van der Waals surface area contributed by atoms with Gasteiger partial charge in [0.1, 0.15) is 0 Å². The Balaban J connectivity index is 2.81. The van der Waals surface area contributed by atoms with Gasteiger partial charge in [-0.1, -0.05) is 40.5 Å². The van der Waals surface area contributed by atoms with E-state index >= 15 is 0 Å². The summed E-state index contributed by atoms with van der Waals surface area (Å²) in [6, 6.07) is 0. The molecule has 3 nitrogen and oxygen atoms in total. The van der Waals surface area contributed by atoms with Gasteiger partial charge in [-0.3, -0.25) is 4.90 Å². The van der Waals surface area contributed by atoms with Gasteiger partial charge < -0.3 is 10.5 Å². The van der Waals surface area contributed by atoms with Crippen molar-refractivity contribution in [3.8, 4) is 0 Å². The molecular formula is C15H32N2O. The van der Waals surface area contributed by atoms with Gasteiger partial charge in [0.05, 0.1) is 6.61 Å². The van der Waals surface area contributed by atoms with Crippen molar-refractivity contribution in [1.82, 2.24) is 4.90 Å². The molecule has 1 saturated heterocycles. The number of nitrogens with zero attached hydrogens (tertiary/aromatic N) is 1. The lowest BCUT2D eigenvalue weighted by atomic mass is 9.78. The smallest absolute Gasteiger partial charge is 0.0509 e. The fourth-order valence-electron chi connectivity index (χ4n) is 3.30. The predicted molar refractivity (Wildman–Crippen MR) is 77.7 cm³/mol. The first kappa shape index (κ1) is 15.9. The molecule has 0 spiro atoms. The van der Waals surface area contributed by atoms with Crippen LogP contribution in [-0.4, -0.2) is 43.3 Å². The molecule has 2 unspecified atom stereocenters. The topological polar surface area (TPSA) is 38.5 Å². The molecule has 1 aliphatic heterocycles. The summed E-state index contributed by atoms with van der Waals surface area (Å²) in [4.78, 5) is 2.64. The number of nitrogens with two attached hydrogens (primary N) is 1. The van der Waals surface area contributed by atoms with E-state index in [0.29, 0.717) is 5.92 Å². The molecule has 0 radical (unpaired) electrons. The van der Waals surface area contributed by atoms with E-state index in [-0.39, 0.29) is 5.54 Å². The van der Waals surface area contributed by atoms with E-state index < -0.39 is 0 Å². The monoisotopic (exact) mass is 256 g/mol. The van der Waals surface area contributed by atoms with Crippen molar-refractivity contribution in [2.24, 2.45) is 17.6 Å². The zero-order valence-corrected chi connectivity index (χ0v) is 12.7. The first-order valence-corrected chi connectivity index (χ1v) is 7.67. The molecule has 0 aromatic carbocycles. The predicted octanol–water partition coefficient (Wildman–Crippen LogP) is 2.50. The highest BCUT2D eigenvalue weighted by molar-refractivity contribution is 4.98. The zero-order chi connectivity index (χ0) is 13.6. The standard InChI is InChI=1S/C15H32N2O/c1-5-14(6-2)10-17(7-3)15(12-16)8-9-18-11-13(15)4/h13-14H,5-12,16H2,1-4H3. The molecule has 2 N–H and O–H groups in total. The Kier molecular flexibility index (Phi) is 6.61. The molecular weight excluding hydrogens is 224 g/mol. The maximum atomic E-state index is 6.17. The van der Waals surface area contributed by atoms with Crippen molar-refractivity contribution in [3.63, 3.8) is 0 Å². The molecule has 108 valence electrons. The van der Waals surface area contributed by atoms with Crippen LogP contribution in [0.25, 0.3) is 0 Å². The highest BCUT2D eigenvalue weighted by Gasteiger charge is 2.42. The minimum absolute atomic E-state index is 0.162. The van der Waals surface area contributed by atoms with E-state index in [2.05, 4.69) is 32.6 Å². The van der Waals surface area contributed by atoms with E-state index in [9.17, 15) is 0 Å². The first-order valence-electron chi connectivity index (χ1n) is 7.67. The van der Waals surface area contributed by atoms with Crippen molar-refractivity contribution in [3.05, 3.63) is 0 Å². The van der Waals surface area contributed by atoms with Gasteiger partial charge in [-0.2, -0.15) is 0 Å². The quantitative estimate of drug-likeness (QED) is 0.760. The third-order valence-electron chi connectivity index (χ3n) is 4.96. The van der Waals surface area contributed by atoms with Crippen molar-refractivity contribution >= 4 is 0 Å². The summed E-state index contributed by atoms with van der Waals surface area (Å²) < 4.78 is 5.61. The Morgan fingerprint density at radius 3 is 2.44 bits per heavy atom. The largest absolute Gasteiger partial charge is 0.381 e. The maximum absolute atomic E-state index is 6.17. The van der Waals surface area contributed by atoms with E-state index in [0.717, 1.165) is 38.6 Å². The third-order valence-corrected chi connectivity index (χ3v) is 4.96. The van der Waals surface area contributed by atoms with E-state index in [4.69, 9.17) is 10.5 Å². The molecule has 0 aliphatic carbocycles. The fraction of sp³-hybridized carbons (Fsp3) is 1.00. The van der Waals surface area contributed by atoms with Crippen LogP contribution in [0.15, 0.2) is 0 Å². The summed E-state index contributed by atoms with van der Waals surface area (Å²) in [6.45, 7) is 13.9. The highest BCUT2D eigenvalue weighted by atomic mass is 16.5. The van der Waals surface area contributed by atoms with Crippen LogP contribution in [0.3, 0.4) is 0 Å². The molecule has 0 amide bonds. The van der Waals surface area contributed by atoms with Crippen LogP contribution in [0.5, 0.6) is 0 Å². The van der Waals surface area contributed by atoms with Crippen LogP contribution >= 0.6 is 0 Å². The number of hydrogen-bond donors (Lipinski definition) is 1. The molecule has 0 aromatic rings. The summed E-state index contributed by atoms with van der Waals surface area (Å²) in [5, 5.41) is 0. The van der Waals surface area contributed by atoms with Crippen LogP contribution in [0.1, 0.15) is 47.0 Å². The van der Waals surface area contributed by atoms with Gasteiger partial charge >= 0.3 is 0 Å². The van der Waals surface area contributed by atoms with Gasteiger partial charge in [-0.15, -0.1) is 0 Å². The highest BCUT2D eigenvalue weighted by Crippen LogP contribution is 2.33. The average molecular weight is 256 g/mol. The molecule has 1 aliphatic rings. The third kappa shape index (κ3) is 3.25. The van der Waals surface area contributed by atoms with Crippen LogP contribution < -0.4 is 5.73 Å². The SMILES string of the molecule is CCC(CC)CN(CC)C1(CN)CCOCC1C. The minimum atomic E-state index is 0.162. The average Bonchev–Trinajstić information content (AvgIpc) is 2.41. The van der Waals surface area contributed by atoms with Crippen LogP contribution in [0.2, 0.25) is 0 Å². The summed E-state index contributed by atoms with van der Waals surface area (Å²) in [5.74, 6) is 1.33. The summed E-state index contributed by atoms with van der Waals surface area (Å²) in [5.41, 5.74) is 6.33. The number of rotatable bonds is 7. The van der Waals surface area contributed by atoms with Gasteiger partial charge in [0.15, 0.2) is 0 Å². The normalized spacial score (nSPS) is 29.2. The number of ether oxygens (including phenoxy) is 1. The molecule has 0 saturated carbocycles.